The van der Waals surface area contributed by atoms with Gasteiger partial charge in [0.1, 0.15) is 0 Å². The summed E-state index contributed by atoms with van der Waals surface area (Å²) in [4.78, 5) is 16.3. The highest BCUT2D eigenvalue weighted by Crippen LogP contribution is 2.30. The number of nitrogens with two attached hydrogens (primary N) is 1. The van der Waals surface area contributed by atoms with Gasteiger partial charge in [0, 0.05) is 23.2 Å². The van der Waals surface area contributed by atoms with E-state index in [0.29, 0.717) is 10.9 Å². The molecule has 4 rings (SSSR count). The van der Waals surface area contributed by atoms with Crippen LogP contribution in [0.5, 0.6) is 0 Å². The molecule has 2 aliphatic rings. The normalized spacial score (nSPS) is 22.0. The Labute approximate surface area is 219 Å². The van der Waals surface area contributed by atoms with Crippen LogP contribution in [0.1, 0.15) is 45.7 Å². The summed E-state index contributed by atoms with van der Waals surface area (Å²) in [6.07, 6.45) is 1.30. The molecule has 2 fully saturated rings. The standard InChI is InChI=1S/C13H18N2OS.C8H10N2.C6H13NS/c1-9-5-4-6-10(7-9)14-12(16)11-8-17-13(2,3)15-11;1-7-3-2-4-8(5-7)10-6-9;1-5-4-8-6(2,3)7-5/h4-7,11,15H,8H2,1-3H3,(H,14,16);2-6H,1H3,(H2,9,10);5,7H,4H2,1-3H3/t11-;;5-/m1.1/s1. The third-order valence-corrected chi connectivity index (χ3v) is 8.09. The van der Waals surface area contributed by atoms with Gasteiger partial charge >= 0.3 is 0 Å². The highest BCUT2D eigenvalue weighted by molar-refractivity contribution is 8.01. The van der Waals surface area contributed by atoms with Crippen LogP contribution < -0.4 is 21.7 Å². The number of amides is 1. The van der Waals surface area contributed by atoms with Crippen LogP contribution in [0.25, 0.3) is 0 Å². The minimum atomic E-state index is -0.101. The first-order valence-corrected chi connectivity index (χ1v) is 13.9. The maximum Gasteiger partial charge on any atom is 0.242 e. The van der Waals surface area contributed by atoms with Crippen LogP contribution in [0.4, 0.5) is 11.4 Å². The second kappa shape index (κ2) is 13.3. The van der Waals surface area contributed by atoms with Crippen molar-refractivity contribution in [2.24, 2.45) is 10.7 Å². The molecule has 2 heterocycles. The van der Waals surface area contributed by atoms with Crippen molar-refractivity contribution in [3.05, 3.63) is 59.7 Å². The van der Waals surface area contributed by atoms with Crippen molar-refractivity contribution in [1.29, 1.82) is 0 Å². The first kappa shape index (κ1) is 29.2. The molecule has 0 radical (unpaired) electrons. The highest BCUT2D eigenvalue weighted by atomic mass is 32.2. The van der Waals surface area contributed by atoms with Gasteiger partial charge in [0.15, 0.2) is 0 Å². The monoisotopic (exact) mass is 515 g/mol. The van der Waals surface area contributed by atoms with Gasteiger partial charge in [0.2, 0.25) is 5.91 Å². The molecular weight excluding hydrogens is 474 g/mol. The van der Waals surface area contributed by atoms with Gasteiger partial charge in [0.25, 0.3) is 0 Å². The smallest absolute Gasteiger partial charge is 0.242 e. The predicted molar refractivity (Wildman–Crippen MR) is 156 cm³/mol. The molecule has 1 amide bonds. The molecule has 0 aromatic heterocycles. The summed E-state index contributed by atoms with van der Waals surface area (Å²) in [6, 6.07) is 16.3. The van der Waals surface area contributed by atoms with E-state index in [0.717, 1.165) is 22.7 Å². The average Bonchev–Trinajstić information content (AvgIpc) is 3.29. The van der Waals surface area contributed by atoms with Crippen LogP contribution in [0.3, 0.4) is 0 Å². The summed E-state index contributed by atoms with van der Waals surface area (Å²) in [6.45, 7) is 14.9. The second-order valence-electron chi connectivity index (χ2n) is 9.86. The fourth-order valence-corrected chi connectivity index (χ4v) is 5.77. The van der Waals surface area contributed by atoms with Crippen molar-refractivity contribution in [2.45, 2.75) is 70.3 Å². The van der Waals surface area contributed by atoms with E-state index in [2.05, 4.69) is 55.6 Å². The third kappa shape index (κ3) is 11.1. The summed E-state index contributed by atoms with van der Waals surface area (Å²) < 4.78 is 0. The van der Waals surface area contributed by atoms with E-state index in [9.17, 15) is 4.79 Å². The van der Waals surface area contributed by atoms with Crippen molar-refractivity contribution in [2.75, 3.05) is 16.8 Å². The fraction of sp³-hybridized carbons (Fsp3) is 0.481. The molecule has 2 atom stereocenters. The van der Waals surface area contributed by atoms with E-state index < -0.39 is 0 Å². The average molecular weight is 516 g/mol. The summed E-state index contributed by atoms with van der Waals surface area (Å²) in [7, 11) is 0. The largest absolute Gasteiger partial charge is 0.390 e. The van der Waals surface area contributed by atoms with Gasteiger partial charge in [-0.25, -0.2) is 4.99 Å². The van der Waals surface area contributed by atoms with Crippen LogP contribution in [0.2, 0.25) is 0 Å². The molecule has 0 unspecified atom stereocenters. The number of carbonyl (C=O) groups excluding carboxylic acids is 1. The SMILES string of the molecule is C[C@@H]1CSC(C)(C)N1.Cc1cccc(N=CN)c1.Cc1cccc(NC(=O)[C@H]2CSC(C)(C)N2)c1. The van der Waals surface area contributed by atoms with E-state index in [1.54, 1.807) is 11.8 Å². The Morgan fingerprint density at radius 2 is 1.60 bits per heavy atom. The number of anilines is 1. The molecule has 0 saturated carbocycles. The number of benzene rings is 2. The van der Waals surface area contributed by atoms with Gasteiger partial charge in [0.05, 0.1) is 27.8 Å². The number of aryl methyl sites for hydroxylation is 2. The Morgan fingerprint density at radius 3 is 2.06 bits per heavy atom. The van der Waals surface area contributed by atoms with E-state index >= 15 is 0 Å². The molecule has 35 heavy (non-hydrogen) atoms. The van der Waals surface area contributed by atoms with Crippen molar-refractivity contribution in [3.8, 4) is 0 Å². The van der Waals surface area contributed by atoms with Gasteiger partial charge in [-0.15, -0.1) is 23.5 Å². The van der Waals surface area contributed by atoms with Gasteiger partial charge in [-0.05, 0) is 83.9 Å². The molecule has 8 heteroatoms. The van der Waals surface area contributed by atoms with Crippen molar-refractivity contribution in [1.82, 2.24) is 10.6 Å². The highest BCUT2D eigenvalue weighted by Gasteiger charge is 2.34. The predicted octanol–water partition coefficient (Wildman–Crippen LogP) is 5.44. The van der Waals surface area contributed by atoms with Crippen molar-refractivity contribution in [3.63, 3.8) is 0 Å². The van der Waals surface area contributed by atoms with Crippen molar-refractivity contribution >= 4 is 47.1 Å². The quantitative estimate of drug-likeness (QED) is 0.322. The molecule has 6 nitrogen and oxygen atoms in total. The number of nitrogens with one attached hydrogen (secondary N) is 3. The first-order chi connectivity index (χ1) is 16.4. The zero-order valence-electron chi connectivity index (χ0n) is 22.0. The van der Waals surface area contributed by atoms with Crippen LogP contribution >= 0.6 is 23.5 Å². The topological polar surface area (TPSA) is 91.5 Å². The Balaban J connectivity index is 0.000000204. The lowest BCUT2D eigenvalue weighted by molar-refractivity contribution is -0.117. The number of hydrogen-bond acceptors (Lipinski definition) is 6. The number of aliphatic imine (C=N–C) groups is 1. The fourth-order valence-electron chi connectivity index (χ4n) is 3.69. The number of thioether (sulfide) groups is 2. The van der Waals surface area contributed by atoms with E-state index in [4.69, 9.17) is 5.73 Å². The summed E-state index contributed by atoms with van der Waals surface area (Å²) >= 11 is 3.77. The maximum absolute atomic E-state index is 12.0. The second-order valence-corrected chi connectivity index (χ2v) is 13.1. The molecule has 0 bridgehead atoms. The first-order valence-electron chi connectivity index (χ1n) is 11.9. The maximum atomic E-state index is 12.0. The third-order valence-electron chi connectivity index (χ3n) is 5.25. The number of nitrogens with zero attached hydrogens (tertiary/aromatic N) is 1. The Hall–Kier alpha value is -2.00. The lowest BCUT2D eigenvalue weighted by Gasteiger charge is -2.18. The van der Waals surface area contributed by atoms with Gasteiger partial charge in [-0.1, -0.05) is 24.3 Å². The van der Waals surface area contributed by atoms with Crippen LogP contribution in [0, 0.1) is 13.8 Å². The van der Waals surface area contributed by atoms with Crippen LogP contribution in [0.15, 0.2) is 53.5 Å². The lowest BCUT2D eigenvalue weighted by atomic mass is 10.2. The Kier molecular flexibility index (Phi) is 11.1. The number of carbonyl (C=O) groups is 1. The zero-order valence-corrected chi connectivity index (χ0v) is 23.6. The Bertz CT molecular complexity index is 993. The van der Waals surface area contributed by atoms with E-state index in [1.807, 2.05) is 74.1 Å². The molecule has 2 aromatic rings. The molecule has 0 aliphatic carbocycles. The lowest BCUT2D eigenvalue weighted by Crippen LogP contribution is -2.43. The van der Waals surface area contributed by atoms with E-state index in [1.165, 1.54) is 17.7 Å². The summed E-state index contributed by atoms with van der Waals surface area (Å²) in [5, 5.41) is 9.72. The molecule has 0 spiro atoms. The van der Waals surface area contributed by atoms with Gasteiger partial charge in [-0.3, -0.25) is 15.4 Å². The molecule has 2 aromatic carbocycles. The minimum absolute atomic E-state index is 0.00535. The Morgan fingerprint density at radius 1 is 1.00 bits per heavy atom. The summed E-state index contributed by atoms with van der Waals surface area (Å²) in [5.74, 6) is 2.13. The van der Waals surface area contributed by atoms with E-state index in [-0.39, 0.29) is 16.8 Å². The van der Waals surface area contributed by atoms with Crippen LogP contribution in [-0.4, -0.2) is 45.6 Å². The molecule has 2 saturated heterocycles. The van der Waals surface area contributed by atoms with Crippen LogP contribution in [-0.2, 0) is 4.79 Å². The molecule has 5 N–H and O–H groups in total. The zero-order chi connectivity index (χ0) is 26.1. The molecule has 2 aliphatic heterocycles. The molecule has 192 valence electrons. The number of rotatable bonds is 3. The minimum Gasteiger partial charge on any atom is -0.390 e. The van der Waals surface area contributed by atoms with Gasteiger partial charge in [-0.2, -0.15) is 0 Å². The molecular formula is C27H41N5OS2. The summed E-state index contributed by atoms with van der Waals surface area (Å²) in [5.41, 5.74) is 9.24. The van der Waals surface area contributed by atoms with Crippen molar-refractivity contribution < 1.29 is 4.79 Å². The van der Waals surface area contributed by atoms with Gasteiger partial charge < -0.3 is 11.1 Å². The number of hydrogen-bond donors (Lipinski definition) is 4.